The Kier molecular flexibility index (Phi) is 10.8. The number of fused-ring (bicyclic) bond motifs is 1. The summed E-state index contributed by atoms with van der Waals surface area (Å²) in [4.78, 5) is 54.5. The third kappa shape index (κ3) is 8.29. The van der Waals surface area contributed by atoms with Gasteiger partial charge in [0.05, 0.1) is 6.61 Å². The fourth-order valence-electron chi connectivity index (χ4n) is 4.38. The number of aliphatic hydroxyl groups excluding tert-OH is 1. The van der Waals surface area contributed by atoms with Gasteiger partial charge in [0.1, 0.15) is 29.9 Å². The van der Waals surface area contributed by atoms with Crippen LogP contribution in [-0.4, -0.2) is 74.8 Å². The Hall–Kier alpha value is -4.42. The Morgan fingerprint density at radius 3 is 2.20 bits per heavy atom. The monoisotopic (exact) mass is 567 g/mol. The molecule has 2 aromatic carbocycles. The van der Waals surface area contributed by atoms with E-state index < -0.39 is 54.5 Å². The van der Waals surface area contributed by atoms with E-state index in [1.807, 2.05) is 31.2 Å². The molecule has 220 valence electrons. The fraction of sp³-hybridized carbons (Fsp3) is 0.379. The molecule has 0 aliphatic heterocycles. The Morgan fingerprint density at radius 2 is 1.56 bits per heavy atom. The number of aromatic nitrogens is 1. The number of aromatic hydroxyl groups is 1. The van der Waals surface area contributed by atoms with Crippen molar-refractivity contribution >= 4 is 34.6 Å². The lowest BCUT2D eigenvalue weighted by Crippen LogP contribution is -2.59. The Balaban J connectivity index is 1.84. The number of amides is 3. The summed E-state index contributed by atoms with van der Waals surface area (Å²) >= 11 is 0. The van der Waals surface area contributed by atoms with Crippen LogP contribution in [0.15, 0.2) is 54.7 Å². The van der Waals surface area contributed by atoms with Crippen LogP contribution in [0.4, 0.5) is 0 Å². The maximum atomic E-state index is 13.5. The first-order chi connectivity index (χ1) is 19.5. The van der Waals surface area contributed by atoms with Crippen LogP contribution in [-0.2, 0) is 32.0 Å². The third-order valence-electron chi connectivity index (χ3n) is 7.05. The van der Waals surface area contributed by atoms with E-state index in [1.165, 1.54) is 12.1 Å². The van der Waals surface area contributed by atoms with Crippen LogP contribution in [0, 0.1) is 5.92 Å². The second-order valence-electron chi connectivity index (χ2n) is 10.1. The number of carbonyl (C=O) groups is 4. The van der Waals surface area contributed by atoms with Gasteiger partial charge >= 0.3 is 5.97 Å². The minimum absolute atomic E-state index is 0.00440. The summed E-state index contributed by atoms with van der Waals surface area (Å²) in [5, 5.41) is 37.4. The van der Waals surface area contributed by atoms with E-state index in [1.54, 1.807) is 25.3 Å². The zero-order valence-electron chi connectivity index (χ0n) is 23.0. The molecular formula is C29H37N5O7. The maximum absolute atomic E-state index is 13.5. The second-order valence-corrected chi connectivity index (χ2v) is 10.1. The number of aliphatic carboxylic acids is 1. The van der Waals surface area contributed by atoms with E-state index >= 15 is 0 Å². The number of carbonyl (C=O) groups excluding carboxylic acids is 3. The molecule has 0 saturated heterocycles. The number of hydrogen-bond acceptors (Lipinski definition) is 7. The zero-order chi connectivity index (χ0) is 30.1. The number of benzene rings is 2. The van der Waals surface area contributed by atoms with Crippen LogP contribution < -0.4 is 21.7 Å². The standard InChI is InChI=1S/C29H37N5O7/c1-3-16(2)25(34-26(37)21(30)15-35)28(39)32-23(12-17-8-10-19(36)11-9-17)27(38)33-24(29(40)41)13-18-14-31-22-7-5-4-6-20(18)22/h4-11,14,16,21,23-25,31,35-36H,3,12-13,15,30H2,1-2H3,(H,32,39)(H,33,38)(H,34,37)(H,40,41). The van der Waals surface area contributed by atoms with Crippen molar-refractivity contribution in [3.05, 3.63) is 65.9 Å². The number of nitrogens with two attached hydrogens (primary N) is 1. The molecule has 0 fully saturated rings. The molecule has 0 aliphatic rings. The molecule has 3 aromatic rings. The zero-order valence-corrected chi connectivity index (χ0v) is 23.0. The predicted molar refractivity (Wildman–Crippen MR) is 152 cm³/mol. The number of carboxylic acids is 1. The molecule has 0 bridgehead atoms. The van der Waals surface area contributed by atoms with Gasteiger partial charge in [0.2, 0.25) is 17.7 Å². The van der Waals surface area contributed by atoms with Crippen molar-refractivity contribution in [1.82, 2.24) is 20.9 Å². The number of phenols is 1. The first kappa shape index (κ1) is 31.1. The molecule has 1 heterocycles. The van der Waals surface area contributed by atoms with Crippen molar-refractivity contribution in [2.24, 2.45) is 11.7 Å². The van der Waals surface area contributed by atoms with Gasteiger partial charge in [0, 0.05) is 29.9 Å². The number of aliphatic hydroxyl groups is 1. The van der Waals surface area contributed by atoms with Crippen LogP contribution in [0.25, 0.3) is 10.9 Å². The maximum Gasteiger partial charge on any atom is 0.326 e. The quantitative estimate of drug-likeness (QED) is 0.138. The summed E-state index contributed by atoms with van der Waals surface area (Å²) in [6, 6.07) is 8.60. The number of H-pyrrole nitrogens is 1. The molecule has 0 spiro atoms. The van der Waals surface area contributed by atoms with Crippen molar-refractivity contribution in [2.45, 2.75) is 57.3 Å². The van der Waals surface area contributed by atoms with Crippen LogP contribution in [0.1, 0.15) is 31.4 Å². The minimum Gasteiger partial charge on any atom is -0.508 e. The normalized spacial score (nSPS) is 14.8. The number of rotatable bonds is 14. The lowest BCUT2D eigenvalue weighted by Gasteiger charge is -2.28. The Morgan fingerprint density at radius 1 is 0.902 bits per heavy atom. The topological polar surface area (TPSA) is 207 Å². The van der Waals surface area contributed by atoms with Crippen molar-refractivity contribution in [2.75, 3.05) is 6.61 Å². The van der Waals surface area contributed by atoms with Gasteiger partial charge in [-0.3, -0.25) is 14.4 Å². The molecule has 0 radical (unpaired) electrons. The van der Waals surface area contributed by atoms with Crippen LogP contribution in [0.5, 0.6) is 5.75 Å². The number of nitrogens with one attached hydrogen (secondary N) is 4. The van der Waals surface area contributed by atoms with Gasteiger partial charge in [-0.05, 0) is 35.2 Å². The summed E-state index contributed by atoms with van der Waals surface area (Å²) < 4.78 is 0. The van der Waals surface area contributed by atoms with Crippen molar-refractivity contribution in [3.8, 4) is 5.75 Å². The number of aromatic amines is 1. The van der Waals surface area contributed by atoms with Crippen LogP contribution >= 0.6 is 0 Å². The molecule has 5 atom stereocenters. The van der Waals surface area contributed by atoms with Gasteiger partial charge in [-0.25, -0.2) is 4.79 Å². The summed E-state index contributed by atoms with van der Waals surface area (Å²) in [6.45, 7) is 2.96. The molecule has 0 saturated carbocycles. The van der Waals surface area contributed by atoms with E-state index in [-0.39, 0.29) is 24.5 Å². The van der Waals surface area contributed by atoms with Crippen LogP contribution in [0.2, 0.25) is 0 Å². The van der Waals surface area contributed by atoms with E-state index in [9.17, 15) is 34.5 Å². The van der Waals surface area contributed by atoms with Gasteiger partial charge in [-0.2, -0.15) is 0 Å². The third-order valence-corrected chi connectivity index (χ3v) is 7.05. The molecule has 0 aliphatic carbocycles. The van der Waals surface area contributed by atoms with Gasteiger partial charge in [0.25, 0.3) is 0 Å². The van der Waals surface area contributed by atoms with Gasteiger partial charge < -0.3 is 42.0 Å². The lowest BCUT2D eigenvalue weighted by molar-refractivity contribution is -0.142. The fourth-order valence-corrected chi connectivity index (χ4v) is 4.38. The number of carboxylic acid groups (broad SMARTS) is 1. The van der Waals surface area contributed by atoms with Crippen molar-refractivity contribution < 1.29 is 34.5 Å². The molecule has 5 unspecified atom stereocenters. The first-order valence-electron chi connectivity index (χ1n) is 13.4. The molecular weight excluding hydrogens is 530 g/mol. The number of phenolic OH excluding ortho intramolecular Hbond substituents is 1. The van der Waals surface area contributed by atoms with E-state index in [0.717, 1.165) is 10.9 Å². The largest absolute Gasteiger partial charge is 0.508 e. The number of para-hydroxylation sites is 1. The lowest BCUT2D eigenvalue weighted by atomic mass is 9.96. The minimum atomic E-state index is -1.30. The van der Waals surface area contributed by atoms with Crippen LogP contribution in [0.3, 0.4) is 0 Å². The number of hydrogen-bond donors (Lipinski definition) is 8. The van der Waals surface area contributed by atoms with E-state index in [0.29, 0.717) is 17.5 Å². The Labute approximate surface area is 237 Å². The molecule has 12 heteroatoms. The van der Waals surface area contributed by atoms with Crippen molar-refractivity contribution in [3.63, 3.8) is 0 Å². The highest BCUT2D eigenvalue weighted by Crippen LogP contribution is 2.19. The first-order valence-corrected chi connectivity index (χ1v) is 13.4. The molecule has 3 amide bonds. The van der Waals surface area contributed by atoms with Crippen molar-refractivity contribution in [1.29, 1.82) is 0 Å². The summed E-state index contributed by atoms with van der Waals surface area (Å²) in [7, 11) is 0. The molecule has 1 aromatic heterocycles. The highest BCUT2D eigenvalue weighted by Gasteiger charge is 2.32. The summed E-state index contributed by atoms with van der Waals surface area (Å²) in [5.41, 5.74) is 7.73. The molecule has 3 rings (SSSR count). The Bertz CT molecular complexity index is 1360. The highest BCUT2D eigenvalue weighted by molar-refractivity contribution is 5.94. The predicted octanol–water partition coefficient (Wildman–Crippen LogP) is 0.563. The summed E-state index contributed by atoms with van der Waals surface area (Å²) in [5.74, 6) is -3.71. The van der Waals surface area contributed by atoms with Gasteiger partial charge in [-0.1, -0.05) is 50.6 Å². The second kappa shape index (κ2) is 14.3. The average molecular weight is 568 g/mol. The van der Waals surface area contributed by atoms with E-state index in [2.05, 4.69) is 20.9 Å². The average Bonchev–Trinajstić information content (AvgIpc) is 3.37. The SMILES string of the molecule is CCC(C)C(NC(=O)C(N)CO)C(=O)NC(Cc1ccc(O)cc1)C(=O)NC(Cc1c[nH]c2ccccc12)C(=O)O. The highest BCUT2D eigenvalue weighted by atomic mass is 16.4. The summed E-state index contributed by atoms with van der Waals surface area (Å²) in [6.07, 6.45) is 2.18. The molecule has 41 heavy (non-hydrogen) atoms. The van der Waals surface area contributed by atoms with Gasteiger partial charge in [-0.15, -0.1) is 0 Å². The molecule has 12 nitrogen and oxygen atoms in total. The van der Waals surface area contributed by atoms with Gasteiger partial charge in [0.15, 0.2) is 0 Å². The smallest absolute Gasteiger partial charge is 0.326 e. The van der Waals surface area contributed by atoms with E-state index in [4.69, 9.17) is 5.73 Å². The molecule has 9 N–H and O–H groups in total.